The van der Waals surface area contributed by atoms with E-state index in [2.05, 4.69) is 26.0 Å². The SMILES string of the molecule is CCCCCCCC/C=C\CCCCCCCCCCCC(=O)OC(COCCC(C(=O)[O-])[N+](C)(C)C)COC(=O)CCCCCCCCCCCCCCCCC. The van der Waals surface area contributed by atoms with E-state index in [-0.39, 0.29) is 42.7 Å². The topological polar surface area (TPSA) is 102 Å². The van der Waals surface area contributed by atoms with Crippen molar-refractivity contribution in [2.45, 2.75) is 251 Å². The summed E-state index contributed by atoms with van der Waals surface area (Å²) in [5, 5.41) is 11.6. The van der Waals surface area contributed by atoms with Crippen molar-refractivity contribution in [3.05, 3.63) is 12.2 Å². The van der Waals surface area contributed by atoms with Crippen molar-refractivity contribution in [1.82, 2.24) is 0 Å². The van der Waals surface area contributed by atoms with Gasteiger partial charge in [0.25, 0.3) is 0 Å². The third kappa shape index (κ3) is 39.5. The second-order valence-electron chi connectivity index (χ2n) is 18.1. The summed E-state index contributed by atoms with van der Waals surface area (Å²) in [5.74, 6) is -1.72. The number of carboxylic acid groups (broad SMARTS) is 1. The minimum atomic E-state index is -1.12. The molecule has 0 aliphatic rings. The number of carbonyl (C=O) groups excluding carboxylic acids is 3. The number of ether oxygens (including phenoxy) is 3. The van der Waals surface area contributed by atoms with E-state index in [0.717, 1.165) is 38.5 Å². The summed E-state index contributed by atoms with van der Waals surface area (Å²) >= 11 is 0. The average Bonchev–Trinajstić information content (AvgIpc) is 3.18. The highest BCUT2D eigenvalue weighted by Crippen LogP contribution is 2.16. The summed E-state index contributed by atoms with van der Waals surface area (Å²) in [7, 11) is 5.42. The summed E-state index contributed by atoms with van der Waals surface area (Å²) < 4.78 is 17.2. The molecule has 0 N–H and O–H groups in total. The van der Waals surface area contributed by atoms with Gasteiger partial charge in [0.2, 0.25) is 0 Å². The zero-order valence-corrected chi connectivity index (χ0v) is 39.0. The second kappa shape index (κ2) is 41.8. The highest BCUT2D eigenvalue weighted by Gasteiger charge is 2.25. The summed E-state index contributed by atoms with van der Waals surface area (Å²) in [6.45, 7) is 4.70. The van der Waals surface area contributed by atoms with Crippen LogP contribution in [0.5, 0.6) is 0 Å². The van der Waals surface area contributed by atoms with Crippen molar-refractivity contribution in [3.63, 3.8) is 0 Å². The molecule has 8 nitrogen and oxygen atoms in total. The Morgan fingerprint density at radius 1 is 0.500 bits per heavy atom. The van der Waals surface area contributed by atoms with Crippen molar-refractivity contribution < 1.29 is 38.2 Å². The smallest absolute Gasteiger partial charge is 0.306 e. The molecule has 2 atom stereocenters. The Hall–Kier alpha value is -1.93. The third-order valence-corrected chi connectivity index (χ3v) is 11.4. The van der Waals surface area contributed by atoms with Crippen LogP contribution in [-0.2, 0) is 28.6 Å². The molecule has 0 spiro atoms. The molecule has 0 saturated heterocycles. The number of hydrogen-bond acceptors (Lipinski definition) is 7. The maximum atomic E-state index is 12.8. The van der Waals surface area contributed by atoms with Gasteiger partial charge in [0.15, 0.2) is 6.10 Å². The van der Waals surface area contributed by atoms with E-state index in [0.29, 0.717) is 12.8 Å². The molecule has 58 heavy (non-hydrogen) atoms. The minimum Gasteiger partial charge on any atom is -0.544 e. The number of quaternary nitrogens is 1. The molecule has 0 aromatic heterocycles. The fraction of sp³-hybridized carbons (Fsp3) is 0.900. The van der Waals surface area contributed by atoms with Gasteiger partial charge in [0, 0.05) is 19.3 Å². The molecule has 0 aliphatic carbocycles. The number of hydrogen-bond donors (Lipinski definition) is 0. The molecule has 2 unspecified atom stereocenters. The number of carbonyl (C=O) groups is 3. The molecule has 0 amide bonds. The highest BCUT2D eigenvalue weighted by molar-refractivity contribution is 5.70. The molecule has 0 saturated carbocycles. The lowest BCUT2D eigenvalue weighted by atomic mass is 10.0. The molecule has 0 rings (SSSR count). The van der Waals surface area contributed by atoms with Gasteiger partial charge in [0.1, 0.15) is 12.6 Å². The zero-order chi connectivity index (χ0) is 42.8. The van der Waals surface area contributed by atoms with Crippen molar-refractivity contribution >= 4 is 17.9 Å². The van der Waals surface area contributed by atoms with Crippen molar-refractivity contribution in [2.24, 2.45) is 0 Å². The maximum absolute atomic E-state index is 12.8. The Morgan fingerprint density at radius 2 is 0.862 bits per heavy atom. The molecular weight excluding hydrogens is 727 g/mol. The Bertz CT molecular complexity index is 962. The van der Waals surface area contributed by atoms with Crippen LogP contribution in [0, 0.1) is 0 Å². The van der Waals surface area contributed by atoms with Gasteiger partial charge in [0.05, 0.1) is 40.3 Å². The number of unbranched alkanes of at least 4 members (excludes halogenated alkanes) is 29. The van der Waals surface area contributed by atoms with Crippen LogP contribution in [0.3, 0.4) is 0 Å². The fourth-order valence-corrected chi connectivity index (χ4v) is 7.54. The molecule has 0 heterocycles. The number of esters is 2. The van der Waals surface area contributed by atoms with Gasteiger partial charge in [-0.05, 0) is 38.5 Å². The highest BCUT2D eigenvalue weighted by atomic mass is 16.6. The summed E-state index contributed by atoms with van der Waals surface area (Å²) in [6.07, 6.45) is 45.2. The summed E-state index contributed by atoms with van der Waals surface area (Å²) in [6, 6.07) is -0.722. The number of nitrogens with zero attached hydrogens (tertiary/aromatic N) is 1. The number of likely N-dealkylation sites (N-methyl/N-ethyl adjacent to an activating group) is 1. The molecule has 0 aromatic carbocycles. The van der Waals surface area contributed by atoms with Gasteiger partial charge in [-0.2, -0.15) is 0 Å². The van der Waals surface area contributed by atoms with Gasteiger partial charge in [-0.15, -0.1) is 0 Å². The van der Waals surface area contributed by atoms with Crippen LogP contribution >= 0.6 is 0 Å². The molecule has 0 bridgehead atoms. The predicted molar refractivity (Wildman–Crippen MR) is 241 cm³/mol. The normalized spacial score (nSPS) is 12.9. The standard InChI is InChI=1S/C50H95NO7/c1-6-8-10-12-14-16-18-20-22-23-24-25-27-29-31-33-35-37-39-41-49(53)58-46(44-56-43-42-47(50(54)55)51(3,4)5)45-57-48(52)40-38-36-34-32-30-28-26-21-19-17-15-13-11-9-7-2/h20,22,46-47H,6-19,21,23-45H2,1-5H3/b22-20-. The molecule has 8 heteroatoms. The number of rotatable bonds is 45. The van der Waals surface area contributed by atoms with E-state index < -0.39 is 18.1 Å². The number of aliphatic carboxylic acids is 1. The van der Waals surface area contributed by atoms with Crippen LogP contribution in [-0.4, -0.2) is 75.5 Å². The first kappa shape index (κ1) is 56.1. The maximum Gasteiger partial charge on any atom is 0.306 e. The molecule has 0 aromatic rings. The lowest BCUT2D eigenvalue weighted by molar-refractivity contribution is -0.889. The first-order valence-electron chi connectivity index (χ1n) is 24.7. The van der Waals surface area contributed by atoms with E-state index in [4.69, 9.17) is 14.2 Å². The third-order valence-electron chi connectivity index (χ3n) is 11.4. The molecule has 342 valence electrons. The van der Waals surface area contributed by atoms with Crippen molar-refractivity contribution in [1.29, 1.82) is 0 Å². The zero-order valence-electron chi connectivity index (χ0n) is 39.0. The summed E-state index contributed by atoms with van der Waals surface area (Å²) in [5.41, 5.74) is 0. The van der Waals surface area contributed by atoms with E-state index in [1.54, 1.807) is 0 Å². The first-order chi connectivity index (χ1) is 28.1. The summed E-state index contributed by atoms with van der Waals surface area (Å²) in [4.78, 5) is 37.0. The Balaban J connectivity index is 4.24. The van der Waals surface area contributed by atoms with Crippen LogP contribution in [0.25, 0.3) is 0 Å². The first-order valence-corrected chi connectivity index (χ1v) is 24.7. The molecule has 0 aliphatic heterocycles. The van der Waals surface area contributed by atoms with Gasteiger partial charge in [-0.3, -0.25) is 9.59 Å². The second-order valence-corrected chi connectivity index (χ2v) is 18.1. The van der Waals surface area contributed by atoms with Crippen LogP contribution in [0.15, 0.2) is 12.2 Å². The van der Waals surface area contributed by atoms with E-state index >= 15 is 0 Å². The Labute approximate surface area is 359 Å². The number of carboxylic acids is 1. The van der Waals surface area contributed by atoms with Crippen molar-refractivity contribution in [3.8, 4) is 0 Å². The predicted octanol–water partition coefficient (Wildman–Crippen LogP) is 12.5. The van der Waals surface area contributed by atoms with Crippen LogP contribution in [0.2, 0.25) is 0 Å². The lowest BCUT2D eigenvalue weighted by Gasteiger charge is -2.34. The van der Waals surface area contributed by atoms with Crippen LogP contribution in [0.4, 0.5) is 0 Å². The Kier molecular flexibility index (Phi) is 40.4. The average molecular weight is 822 g/mol. The monoisotopic (exact) mass is 822 g/mol. The minimum absolute atomic E-state index is 0.0460. The van der Waals surface area contributed by atoms with Gasteiger partial charge >= 0.3 is 11.9 Å². The van der Waals surface area contributed by atoms with Crippen LogP contribution < -0.4 is 5.11 Å². The van der Waals surface area contributed by atoms with Gasteiger partial charge in [-0.1, -0.05) is 193 Å². The molecular formula is C50H95NO7. The molecule has 0 radical (unpaired) electrons. The van der Waals surface area contributed by atoms with E-state index in [1.165, 1.54) is 167 Å². The lowest BCUT2D eigenvalue weighted by Crippen LogP contribution is -2.55. The van der Waals surface area contributed by atoms with E-state index in [1.807, 2.05) is 21.1 Å². The van der Waals surface area contributed by atoms with E-state index in [9.17, 15) is 19.5 Å². The van der Waals surface area contributed by atoms with Gasteiger partial charge in [-0.25, -0.2) is 0 Å². The molecule has 0 fully saturated rings. The fourth-order valence-electron chi connectivity index (χ4n) is 7.54. The van der Waals surface area contributed by atoms with Crippen LogP contribution in [0.1, 0.15) is 239 Å². The Morgan fingerprint density at radius 3 is 1.24 bits per heavy atom. The number of allylic oxidation sites excluding steroid dienone is 2. The quantitative estimate of drug-likeness (QED) is 0.0261. The largest absolute Gasteiger partial charge is 0.544 e. The van der Waals surface area contributed by atoms with Gasteiger partial charge < -0.3 is 28.6 Å². The van der Waals surface area contributed by atoms with Crippen molar-refractivity contribution in [2.75, 3.05) is 41.0 Å².